The molecule has 0 aliphatic heterocycles. The van der Waals surface area contributed by atoms with E-state index in [-0.39, 0.29) is 5.69 Å². The zero-order chi connectivity index (χ0) is 11.4. The van der Waals surface area contributed by atoms with Crippen LogP contribution in [-0.4, -0.2) is 12.6 Å². The summed E-state index contributed by atoms with van der Waals surface area (Å²) in [6, 6.07) is 3.27. The van der Waals surface area contributed by atoms with E-state index in [1.807, 2.05) is 0 Å². The molecule has 1 rings (SSSR count). The maximum absolute atomic E-state index is 11.5. The van der Waals surface area contributed by atoms with Crippen molar-refractivity contribution in [3.05, 3.63) is 27.7 Å². The molecular formula is C11H10BrNO2. The van der Waals surface area contributed by atoms with Crippen LogP contribution >= 0.6 is 15.9 Å². The van der Waals surface area contributed by atoms with Gasteiger partial charge in [-0.15, -0.1) is 6.42 Å². The Kier molecular flexibility index (Phi) is 3.75. The van der Waals surface area contributed by atoms with E-state index in [1.54, 1.807) is 19.1 Å². The van der Waals surface area contributed by atoms with Crippen LogP contribution in [0.3, 0.4) is 0 Å². The van der Waals surface area contributed by atoms with Gasteiger partial charge in [0.15, 0.2) is 0 Å². The number of carbonyl (C=O) groups excluding carboxylic acids is 1. The van der Waals surface area contributed by atoms with Gasteiger partial charge in [-0.25, -0.2) is 4.79 Å². The zero-order valence-corrected chi connectivity index (χ0v) is 9.80. The summed E-state index contributed by atoms with van der Waals surface area (Å²) in [4.78, 5) is 11.5. The van der Waals surface area contributed by atoms with Crippen molar-refractivity contribution in [2.75, 3.05) is 12.3 Å². The molecule has 1 aromatic rings. The lowest BCUT2D eigenvalue weighted by Crippen LogP contribution is -2.09. The molecule has 0 aromatic heterocycles. The van der Waals surface area contributed by atoms with Gasteiger partial charge in [0.1, 0.15) is 0 Å². The summed E-state index contributed by atoms with van der Waals surface area (Å²) in [5.41, 5.74) is 6.78. The van der Waals surface area contributed by atoms with Gasteiger partial charge in [0.05, 0.1) is 17.9 Å². The van der Waals surface area contributed by atoms with Crippen LogP contribution in [0.15, 0.2) is 16.6 Å². The number of hydrogen-bond acceptors (Lipinski definition) is 3. The highest BCUT2D eigenvalue weighted by atomic mass is 79.9. The van der Waals surface area contributed by atoms with Crippen LogP contribution in [0.4, 0.5) is 5.69 Å². The van der Waals surface area contributed by atoms with Crippen LogP contribution in [0.5, 0.6) is 0 Å². The minimum atomic E-state index is -0.465. The van der Waals surface area contributed by atoms with E-state index in [0.717, 1.165) is 0 Å². The van der Waals surface area contributed by atoms with Gasteiger partial charge in [-0.3, -0.25) is 0 Å². The van der Waals surface area contributed by atoms with E-state index < -0.39 is 5.97 Å². The fourth-order valence-electron chi connectivity index (χ4n) is 1.12. The number of rotatable bonds is 2. The molecule has 0 saturated heterocycles. The molecule has 0 unspecified atom stereocenters. The van der Waals surface area contributed by atoms with E-state index in [4.69, 9.17) is 16.9 Å². The third-order valence-electron chi connectivity index (χ3n) is 1.80. The molecule has 15 heavy (non-hydrogen) atoms. The molecular weight excluding hydrogens is 258 g/mol. The smallest absolute Gasteiger partial charge is 0.340 e. The first-order valence-corrected chi connectivity index (χ1v) is 5.12. The summed E-state index contributed by atoms with van der Waals surface area (Å²) >= 11 is 3.25. The molecule has 0 atom stereocenters. The second-order valence-electron chi connectivity index (χ2n) is 2.78. The highest BCUT2D eigenvalue weighted by Gasteiger charge is 2.14. The molecule has 2 N–H and O–H groups in total. The summed E-state index contributed by atoms with van der Waals surface area (Å²) in [5, 5.41) is 0. The number of esters is 1. The SMILES string of the molecule is C#Cc1cc(Br)cc(C(=O)OCC)c1N. The lowest BCUT2D eigenvalue weighted by molar-refractivity contribution is 0.0527. The summed E-state index contributed by atoms with van der Waals surface area (Å²) in [5.74, 6) is 1.95. The summed E-state index contributed by atoms with van der Waals surface area (Å²) in [6.45, 7) is 2.03. The highest BCUT2D eigenvalue weighted by Crippen LogP contribution is 2.23. The van der Waals surface area contributed by atoms with Crippen LogP contribution in [0, 0.1) is 12.3 Å². The second-order valence-corrected chi connectivity index (χ2v) is 3.70. The molecule has 78 valence electrons. The van der Waals surface area contributed by atoms with Gasteiger partial charge in [0.2, 0.25) is 0 Å². The van der Waals surface area contributed by atoms with Gasteiger partial charge < -0.3 is 10.5 Å². The van der Waals surface area contributed by atoms with E-state index >= 15 is 0 Å². The van der Waals surface area contributed by atoms with Gasteiger partial charge in [0, 0.05) is 10.0 Å². The van der Waals surface area contributed by atoms with E-state index in [0.29, 0.717) is 22.2 Å². The predicted octanol–water partition coefficient (Wildman–Crippen LogP) is 2.19. The number of anilines is 1. The Bertz CT molecular complexity index is 435. The van der Waals surface area contributed by atoms with Crippen molar-refractivity contribution in [2.24, 2.45) is 0 Å². The number of carbonyl (C=O) groups is 1. The minimum Gasteiger partial charge on any atom is -0.462 e. The molecule has 4 heteroatoms. The van der Waals surface area contributed by atoms with E-state index in [1.165, 1.54) is 0 Å². The van der Waals surface area contributed by atoms with Crippen LogP contribution < -0.4 is 5.73 Å². The van der Waals surface area contributed by atoms with Crippen LogP contribution in [-0.2, 0) is 4.74 Å². The van der Waals surface area contributed by atoms with E-state index in [2.05, 4.69) is 21.9 Å². The predicted molar refractivity (Wildman–Crippen MR) is 62.4 cm³/mol. The number of benzene rings is 1. The van der Waals surface area contributed by atoms with Gasteiger partial charge in [0.25, 0.3) is 0 Å². The Morgan fingerprint density at radius 3 is 2.87 bits per heavy atom. The maximum atomic E-state index is 11.5. The Labute approximate surface area is 96.7 Å². The van der Waals surface area contributed by atoms with Crippen molar-refractivity contribution >= 4 is 27.6 Å². The van der Waals surface area contributed by atoms with Gasteiger partial charge in [-0.2, -0.15) is 0 Å². The fourth-order valence-corrected chi connectivity index (χ4v) is 1.57. The zero-order valence-electron chi connectivity index (χ0n) is 8.21. The molecule has 0 bridgehead atoms. The van der Waals surface area contributed by atoms with Gasteiger partial charge in [-0.1, -0.05) is 21.9 Å². The van der Waals surface area contributed by atoms with E-state index in [9.17, 15) is 4.79 Å². The monoisotopic (exact) mass is 267 g/mol. The number of terminal acetylenes is 1. The molecule has 0 amide bonds. The molecule has 3 nitrogen and oxygen atoms in total. The summed E-state index contributed by atoms with van der Waals surface area (Å²) < 4.78 is 5.56. The molecule has 0 aliphatic rings. The number of ether oxygens (including phenoxy) is 1. The van der Waals surface area contributed by atoms with Crippen molar-refractivity contribution in [1.29, 1.82) is 0 Å². The third-order valence-corrected chi connectivity index (χ3v) is 2.25. The summed E-state index contributed by atoms with van der Waals surface area (Å²) in [6.07, 6.45) is 5.26. The summed E-state index contributed by atoms with van der Waals surface area (Å²) in [7, 11) is 0. The molecule has 1 aromatic carbocycles. The molecule has 0 radical (unpaired) electrons. The fraction of sp³-hybridized carbons (Fsp3) is 0.182. The Morgan fingerprint density at radius 1 is 1.67 bits per heavy atom. The lowest BCUT2D eigenvalue weighted by Gasteiger charge is -2.07. The second kappa shape index (κ2) is 4.85. The van der Waals surface area contributed by atoms with Crippen molar-refractivity contribution < 1.29 is 9.53 Å². The lowest BCUT2D eigenvalue weighted by atomic mass is 10.1. The van der Waals surface area contributed by atoms with Crippen molar-refractivity contribution in [3.63, 3.8) is 0 Å². The van der Waals surface area contributed by atoms with Crippen molar-refractivity contribution in [3.8, 4) is 12.3 Å². The standard InChI is InChI=1S/C11H10BrNO2/c1-3-7-5-8(12)6-9(10(7)13)11(14)15-4-2/h1,5-6H,4,13H2,2H3. The van der Waals surface area contributed by atoms with Gasteiger partial charge >= 0.3 is 5.97 Å². The quantitative estimate of drug-likeness (QED) is 0.508. The molecule has 0 heterocycles. The van der Waals surface area contributed by atoms with Crippen molar-refractivity contribution in [1.82, 2.24) is 0 Å². The first-order chi connectivity index (χ1) is 7.10. The average molecular weight is 268 g/mol. The van der Waals surface area contributed by atoms with Gasteiger partial charge in [-0.05, 0) is 19.1 Å². The molecule has 0 aliphatic carbocycles. The van der Waals surface area contributed by atoms with Crippen LogP contribution in [0.1, 0.15) is 22.8 Å². The Hall–Kier alpha value is -1.47. The van der Waals surface area contributed by atoms with Crippen LogP contribution in [0.25, 0.3) is 0 Å². The Balaban J connectivity index is 3.24. The van der Waals surface area contributed by atoms with Crippen molar-refractivity contribution in [2.45, 2.75) is 6.92 Å². The Morgan fingerprint density at radius 2 is 2.33 bits per heavy atom. The molecule has 0 saturated carbocycles. The highest BCUT2D eigenvalue weighted by molar-refractivity contribution is 9.10. The normalized spacial score (nSPS) is 9.40. The first-order valence-electron chi connectivity index (χ1n) is 4.33. The first kappa shape index (κ1) is 11.6. The largest absolute Gasteiger partial charge is 0.462 e. The molecule has 0 fully saturated rings. The topological polar surface area (TPSA) is 52.3 Å². The number of nitrogens with two attached hydrogens (primary N) is 1. The average Bonchev–Trinajstić information content (AvgIpc) is 2.21. The number of halogens is 1. The minimum absolute atomic E-state index is 0.277. The number of hydrogen-bond donors (Lipinski definition) is 1. The maximum Gasteiger partial charge on any atom is 0.340 e. The third kappa shape index (κ3) is 2.51. The number of nitrogen functional groups attached to an aromatic ring is 1. The molecule has 0 spiro atoms. The van der Waals surface area contributed by atoms with Crippen LogP contribution in [0.2, 0.25) is 0 Å².